The molecule has 1 aromatic carbocycles. The Kier molecular flexibility index (Phi) is 7.27. The first-order valence-electron chi connectivity index (χ1n) is 9.09. The molecule has 0 aliphatic heterocycles. The molecule has 0 radical (unpaired) electrons. The number of hydrogen-bond donors (Lipinski definition) is 3. The monoisotopic (exact) mass is 358 g/mol. The number of hydrogen-bond acceptors (Lipinski definition) is 4. The zero-order valence-corrected chi connectivity index (χ0v) is 15.1. The zero-order valence-electron chi connectivity index (χ0n) is 15.1. The van der Waals surface area contributed by atoms with Crippen LogP contribution in [0.2, 0.25) is 0 Å². The Bertz CT molecular complexity index is 648. The lowest BCUT2D eigenvalue weighted by atomic mass is 9.96. The summed E-state index contributed by atoms with van der Waals surface area (Å²) in [6.07, 6.45) is 7.38. The summed E-state index contributed by atoms with van der Waals surface area (Å²) >= 11 is 0. The molecule has 1 fully saturated rings. The predicted octanol–water partition coefficient (Wildman–Crippen LogP) is 2.26. The van der Waals surface area contributed by atoms with E-state index in [4.69, 9.17) is 5.26 Å². The second-order valence-corrected chi connectivity index (χ2v) is 6.56. The maximum Gasteiger partial charge on any atom is 0.315 e. The first-order valence-corrected chi connectivity index (χ1v) is 9.09. The molecule has 0 aromatic heterocycles. The van der Waals surface area contributed by atoms with Gasteiger partial charge in [0.05, 0.1) is 0 Å². The van der Waals surface area contributed by atoms with Gasteiger partial charge in [-0.15, -0.1) is 0 Å². The zero-order chi connectivity index (χ0) is 18.9. The Hall–Kier alpha value is -2.75. The Labute approximate surface area is 154 Å². The molecule has 1 unspecified atom stereocenters. The lowest BCUT2D eigenvalue weighted by Crippen LogP contribution is -2.53. The highest BCUT2D eigenvalue weighted by Gasteiger charge is 2.26. The van der Waals surface area contributed by atoms with Gasteiger partial charge in [0.15, 0.2) is 6.19 Å². The van der Waals surface area contributed by atoms with Crippen LogP contribution in [-0.4, -0.2) is 40.6 Å². The number of phenols is 1. The third kappa shape index (κ3) is 5.66. The fraction of sp³-hybridized carbons (Fsp3) is 0.526. The summed E-state index contributed by atoms with van der Waals surface area (Å²) in [6.45, 7) is 1.95. The summed E-state index contributed by atoms with van der Waals surface area (Å²) in [5.74, 6) is -0.311. The van der Waals surface area contributed by atoms with Gasteiger partial charge in [-0.25, -0.2) is 9.69 Å². The number of nitrogens with one attached hydrogen (secondary N) is 2. The molecule has 0 spiro atoms. The predicted molar refractivity (Wildman–Crippen MR) is 97.1 cm³/mol. The van der Waals surface area contributed by atoms with E-state index in [1.165, 1.54) is 18.6 Å². The molecule has 2 rings (SSSR count). The molecule has 1 aromatic rings. The lowest BCUT2D eigenvalue weighted by molar-refractivity contribution is -0.129. The smallest absolute Gasteiger partial charge is 0.315 e. The molecule has 3 amide bonds. The highest BCUT2D eigenvalue weighted by atomic mass is 16.3. The lowest BCUT2D eigenvalue weighted by Gasteiger charge is -2.26. The maximum atomic E-state index is 12.6. The van der Waals surface area contributed by atoms with Gasteiger partial charge in [0.25, 0.3) is 5.91 Å². The van der Waals surface area contributed by atoms with Crippen LogP contribution in [0.15, 0.2) is 24.3 Å². The van der Waals surface area contributed by atoms with E-state index in [2.05, 4.69) is 10.6 Å². The quantitative estimate of drug-likeness (QED) is 0.536. The standard InChI is InChI=1S/C19H26N4O3/c1-2-23(13-20)18(25)17(12-14-8-10-16(24)11-9-14)22-19(26)21-15-6-4-3-5-7-15/h8-11,15,17,24H,2-7,12H2,1H3,(H2,21,22,26). The summed E-state index contributed by atoms with van der Waals surface area (Å²) in [4.78, 5) is 26.0. The van der Waals surface area contributed by atoms with E-state index in [9.17, 15) is 14.7 Å². The van der Waals surface area contributed by atoms with Gasteiger partial charge < -0.3 is 15.7 Å². The normalized spacial score (nSPS) is 15.5. The number of rotatable bonds is 6. The van der Waals surface area contributed by atoms with Crippen LogP contribution in [0.25, 0.3) is 0 Å². The topological polar surface area (TPSA) is 105 Å². The number of aromatic hydroxyl groups is 1. The largest absolute Gasteiger partial charge is 0.508 e. The highest BCUT2D eigenvalue weighted by Crippen LogP contribution is 2.17. The van der Waals surface area contributed by atoms with Crippen molar-refractivity contribution < 1.29 is 14.7 Å². The molecule has 7 heteroatoms. The molecule has 1 aliphatic carbocycles. The third-order valence-corrected chi connectivity index (χ3v) is 4.62. The third-order valence-electron chi connectivity index (χ3n) is 4.62. The Morgan fingerprint density at radius 2 is 1.92 bits per heavy atom. The second-order valence-electron chi connectivity index (χ2n) is 6.56. The van der Waals surface area contributed by atoms with Crippen molar-refractivity contribution in [2.75, 3.05) is 6.54 Å². The number of benzene rings is 1. The van der Waals surface area contributed by atoms with E-state index in [-0.39, 0.29) is 30.8 Å². The molecular weight excluding hydrogens is 332 g/mol. The van der Waals surface area contributed by atoms with Gasteiger partial charge in [0.1, 0.15) is 11.8 Å². The highest BCUT2D eigenvalue weighted by molar-refractivity contribution is 5.88. The van der Waals surface area contributed by atoms with Crippen molar-refractivity contribution in [1.29, 1.82) is 5.26 Å². The Balaban J connectivity index is 2.06. The number of likely N-dealkylation sites (N-methyl/N-ethyl adjacent to an activating group) is 1. The van der Waals surface area contributed by atoms with E-state index in [1.807, 2.05) is 6.19 Å². The van der Waals surface area contributed by atoms with Crippen LogP contribution in [0.1, 0.15) is 44.6 Å². The van der Waals surface area contributed by atoms with Gasteiger partial charge in [-0.05, 0) is 37.5 Å². The molecule has 1 saturated carbocycles. The molecule has 7 nitrogen and oxygen atoms in total. The average Bonchev–Trinajstić information content (AvgIpc) is 2.64. The van der Waals surface area contributed by atoms with Crippen molar-refractivity contribution in [1.82, 2.24) is 15.5 Å². The summed E-state index contributed by atoms with van der Waals surface area (Å²) in [5.41, 5.74) is 0.785. The van der Waals surface area contributed by atoms with Gasteiger partial charge in [0, 0.05) is 19.0 Å². The van der Waals surface area contributed by atoms with E-state index in [0.29, 0.717) is 0 Å². The van der Waals surface area contributed by atoms with Crippen LogP contribution in [-0.2, 0) is 11.2 Å². The fourth-order valence-corrected chi connectivity index (χ4v) is 3.16. The molecular formula is C19H26N4O3. The number of urea groups is 1. The van der Waals surface area contributed by atoms with Crippen LogP contribution in [0, 0.1) is 11.5 Å². The molecule has 1 atom stereocenters. The van der Waals surface area contributed by atoms with E-state index in [0.717, 1.165) is 36.1 Å². The van der Waals surface area contributed by atoms with Gasteiger partial charge in [-0.3, -0.25) is 4.79 Å². The maximum absolute atomic E-state index is 12.6. The minimum atomic E-state index is -0.845. The SMILES string of the molecule is CCN(C#N)C(=O)C(Cc1ccc(O)cc1)NC(=O)NC1CCCCC1. The van der Waals surface area contributed by atoms with E-state index < -0.39 is 11.9 Å². The number of phenolic OH excluding ortho intramolecular Hbond substituents is 1. The Morgan fingerprint density at radius 3 is 2.50 bits per heavy atom. The number of nitriles is 1. The summed E-state index contributed by atoms with van der Waals surface area (Å²) in [5, 5.41) is 24.2. The van der Waals surface area contributed by atoms with Crippen molar-refractivity contribution >= 4 is 11.9 Å². The van der Waals surface area contributed by atoms with Gasteiger partial charge in [-0.1, -0.05) is 31.4 Å². The summed E-state index contributed by atoms with van der Waals surface area (Å²) < 4.78 is 0. The first-order chi connectivity index (χ1) is 12.5. The fourth-order valence-electron chi connectivity index (χ4n) is 3.16. The number of carbonyl (C=O) groups excluding carboxylic acids is 2. The first kappa shape index (κ1) is 19.6. The van der Waals surface area contributed by atoms with Gasteiger partial charge in [-0.2, -0.15) is 5.26 Å². The number of carbonyl (C=O) groups is 2. The molecule has 26 heavy (non-hydrogen) atoms. The summed E-state index contributed by atoms with van der Waals surface area (Å²) in [7, 11) is 0. The Morgan fingerprint density at radius 1 is 1.27 bits per heavy atom. The molecule has 0 saturated heterocycles. The molecule has 3 N–H and O–H groups in total. The van der Waals surface area contributed by atoms with Crippen molar-refractivity contribution in [2.24, 2.45) is 0 Å². The second kappa shape index (κ2) is 9.66. The molecule has 0 heterocycles. The van der Waals surface area contributed by atoms with Crippen LogP contribution >= 0.6 is 0 Å². The van der Waals surface area contributed by atoms with Crippen molar-refractivity contribution in [3.8, 4) is 11.9 Å². The van der Waals surface area contributed by atoms with Crippen LogP contribution in [0.4, 0.5) is 4.79 Å². The van der Waals surface area contributed by atoms with Gasteiger partial charge in [0.2, 0.25) is 0 Å². The van der Waals surface area contributed by atoms with E-state index in [1.54, 1.807) is 19.1 Å². The molecule has 1 aliphatic rings. The van der Waals surface area contributed by atoms with Crippen molar-refractivity contribution in [2.45, 2.75) is 57.5 Å². The molecule has 140 valence electrons. The molecule has 0 bridgehead atoms. The van der Waals surface area contributed by atoms with Crippen molar-refractivity contribution in [3.05, 3.63) is 29.8 Å². The number of amides is 3. The minimum absolute atomic E-state index is 0.131. The van der Waals surface area contributed by atoms with E-state index >= 15 is 0 Å². The summed E-state index contributed by atoms with van der Waals surface area (Å²) in [6, 6.07) is 5.34. The number of nitrogens with zero attached hydrogens (tertiary/aromatic N) is 2. The van der Waals surface area contributed by atoms with Crippen LogP contribution in [0.3, 0.4) is 0 Å². The van der Waals surface area contributed by atoms with Crippen LogP contribution in [0.5, 0.6) is 5.75 Å². The van der Waals surface area contributed by atoms with Crippen molar-refractivity contribution in [3.63, 3.8) is 0 Å². The van der Waals surface area contributed by atoms with Crippen LogP contribution < -0.4 is 10.6 Å². The average molecular weight is 358 g/mol. The van der Waals surface area contributed by atoms with Gasteiger partial charge >= 0.3 is 6.03 Å². The minimum Gasteiger partial charge on any atom is -0.508 e.